The average Bonchev–Trinajstić information content (AvgIpc) is 2.90. The normalized spacial score (nSPS) is 17.7. The lowest BCUT2D eigenvalue weighted by Gasteiger charge is -2.20. The lowest BCUT2D eigenvalue weighted by Crippen LogP contribution is -2.21. The maximum atomic E-state index is 6.27. The zero-order valence-electron chi connectivity index (χ0n) is 9.36. The van der Waals surface area contributed by atoms with Crippen LogP contribution in [0.4, 0.5) is 0 Å². The Bertz CT molecular complexity index is 411. The number of hydrogen-bond acceptors (Lipinski definition) is 2. The summed E-state index contributed by atoms with van der Waals surface area (Å²) in [5, 5.41) is 0. The molecule has 82 valence electrons. The first-order chi connectivity index (χ1) is 6.99. The second-order valence-corrected chi connectivity index (χ2v) is 5.22. The molecule has 2 N–H and O–H groups in total. The molecule has 0 aromatic heterocycles. The molecule has 1 aliphatic rings. The smallest absolute Gasteiger partial charge is 0.128 e. The SMILES string of the molecule is COc1c(C)c(Br)cc(C)c1C1(N)CC1. The van der Waals surface area contributed by atoms with Gasteiger partial charge in [0.15, 0.2) is 0 Å². The summed E-state index contributed by atoms with van der Waals surface area (Å²) >= 11 is 3.54. The molecule has 0 unspecified atom stereocenters. The van der Waals surface area contributed by atoms with E-state index in [1.807, 2.05) is 0 Å². The number of ether oxygens (including phenoxy) is 1. The molecule has 0 spiro atoms. The Morgan fingerprint density at radius 3 is 2.47 bits per heavy atom. The van der Waals surface area contributed by atoms with Gasteiger partial charge >= 0.3 is 0 Å². The van der Waals surface area contributed by atoms with E-state index < -0.39 is 0 Å². The lowest BCUT2D eigenvalue weighted by atomic mass is 9.96. The molecule has 0 radical (unpaired) electrons. The van der Waals surface area contributed by atoms with Crippen molar-refractivity contribution in [1.82, 2.24) is 0 Å². The van der Waals surface area contributed by atoms with Crippen LogP contribution in [0.15, 0.2) is 10.5 Å². The quantitative estimate of drug-likeness (QED) is 0.896. The summed E-state index contributed by atoms with van der Waals surface area (Å²) in [6.45, 7) is 4.15. The molecule has 1 fully saturated rings. The van der Waals surface area contributed by atoms with Crippen LogP contribution in [0.5, 0.6) is 5.75 Å². The van der Waals surface area contributed by atoms with Gasteiger partial charge < -0.3 is 10.5 Å². The number of nitrogens with two attached hydrogens (primary N) is 1. The van der Waals surface area contributed by atoms with Crippen molar-refractivity contribution >= 4 is 15.9 Å². The molecule has 2 rings (SSSR count). The van der Waals surface area contributed by atoms with Crippen LogP contribution in [-0.4, -0.2) is 7.11 Å². The van der Waals surface area contributed by atoms with Crippen molar-refractivity contribution in [3.05, 3.63) is 27.2 Å². The van der Waals surface area contributed by atoms with Gasteiger partial charge in [-0.05, 0) is 38.3 Å². The van der Waals surface area contributed by atoms with Crippen LogP contribution in [-0.2, 0) is 5.54 Å². The van der Waals surface area contributed by atoms with Gasteiger partial charge in [-0.3, -0.25) is 0 Å². The highest BCUT2D eigenvalue weighted by atomic mass is 79.9. The van der Waals surface area contributed by atoms with E-state index in [2.05, 4.69) is 35.8 Å². The van der Waals surface area contributed by atoms with E-state index in [0.717, 1.165) is 28.6 Å². The molecule has 0 amide bonds. The van der Waals surface area contributed by atoms with Crippen LogP contribution in [0.1, 0.15) is 29.5 Å². The zero-order chi connectivity index (χ0) is 11.2. The largest absolute Gasteiger partial charge is 0.496 e. The molecule has 0 heterocycles. The van der Waals surface area contributed by atoms with E-state index in [0.29, 0.717) is 0 Å². The first-order valence-corrected chi connectivity index (χ1v) is 5.92. The summed E-state index contributed by atoms with van der Waals surface area (Å²) in [6, 6.07) is 2.13. The first-order valence-electron chi connectivity index (χ1n) is 5.12. The molecule has 0 saturated heterocycles. The molecular formula is C12H16BrNO. The van der Waals surface area contributed by atoms with Crippen LogP contribution in [0, 0.1) is 13.8 Å². The summed E-state index contributed by atoms with van der Waals surface area (Å²) in [4.78, 5) is 0. The number of methoxy groups -OCH3 is 1. The lowest BCUT2D eigenvalue weighted by molar-refractivity contribution is 0.400. The van der Waals surface area contributed by atoms with Gasteiger partial charge in [-0.1, -0.05) is 15.9 Å². The van der Waals surface area contributed by atoms with Crippen molar-refractivity contribution < 1.29 is 4.74 Å². The molecule has 1 saturated carbocycles. The maximum Gasteiger partial charge on any atom is 0.128 e. The Balaban J connectivity index is 2.66. The van der Waals surface area contributed by atoms with E-state index in [1.54, 1.807) is 7.11 Å². The van der Waals surface area contributed by atoms with E-state index >= 15 is 0 Å². The van der Waals surface area contributed by atoms with Crippen molar-refractivity contribution in [3.8, 4) is 5.75 Å². The Morgan fingerprint density at radius 2 is 2.00 bits per heavy atom. The van der Waals surface area contributed by atoms with Gasteiger partial charge in [0, 0.05) is 21.1 Å². The maximum absolute atomic E-state index is 6.27. The highest BCUT2D eigenvalue weighted by molar-refractivity contribution is 9.10. The minimum Gasteiger partial charge on any atom is -0.496 e. The monoisotopic (exact) mass is 269 g/mol. The van der Waals surface area contributed by atoms with Crippen molar-refractivity contribution in [3.63, 3.8) is 0 Å². The standard InChI is InChI=1S/C12H16BrNO/c1-7-6-9(13)8(2)11(15-3)10(7)12(14)4-5-12/h6H,4-5,14H2,1-3H3. The average molecular weight is 270 g/mol. The van der Waals surface area contributed by atoms with E-state index in [4.69, 9.17) is 10.5 Å². The van der Waals surface area contributed by atoms with E-state index in [9.17, 15) is 0 Å². The van der Waals surface area contributed by atoms with Crippen LogP contribution >= 0.6 is 15.9 Å². The van der Waals surface area contributed by atoms with Gasteiger partial charge in [-0.25, -0.2) is 0 Å². The minimum absolute atomic E-state index is 0.138. The summed E-state index contributed by atoms with van der Waals surface area (Å²) in [6.07, 6.45) is 2.12. The molecule has 1 aliphatic carbocycles. The Kier molecular flexibility index (Phi) is 2.55. The molecule has 0 aliphatic heterocycles. The predicted molar refractivity (Wildman–Crippen MR) is 65.3 cm³/mol. The number of halogens is 1. The minimum atomic E-state index is -0.138. The number of aryl methyl sites for hydroxylation is 1. The summed E-state index contributed by atoms with van der Waals surface area (Å²) < 4.78 is 6.58. The molecule has 0 bridgehead atoms. The van der Waals surface area contributed by atoms with Crippen LogP contribution in [0.3, 0.4) is 0 Å². The second kappa shape index (κ2) is 3.49. The molecule has 1 aromatic carbocycles. The van der Waals surface area contributed by atoms with Gasteiger partial charge in [-0.2, -0.15) is 0 Å². The fourth-order valence-electron chi connectivity index (χ4n) is 2.10. The van der Waals surface area contributed by atoms with Gasteiger partial charge in [0.1, 0.15) is 5.75 Å². The van der Waals surface area contributed by atoms with E-state index in [-0.39, 0.29) is 5.54 Å². The van der Waals surface area contributed by atoms with Crippen LogP contribution < -0.4 is 10.5 Å². The second-order valence-electron chi connectivity index (χ2n) is 4.36. The molecular weight excluding hydrogens is 254 g/mol. The molecule has 2 nitrogen and oxygen atoms in total. The Morgan fingerprint density at radius 1 is 1.40 bits per heavy atom. The van der Waals surface area contributed by atoms with Crippen molar-refractivity contribution in [2.75, 3.05) is 7.11 Å². The fourth-order valence-corrected chi connectivity index (χ4v) is 2.63. The fraction of sp³-hybridized carbons (Fsp3) is 0.500. The van der Waals surface area contributed by atoms with Crippen molar-refractivity contribution in [1.29, 1.82) is 0 Å². The molecule has 15 heavy (non-hydrogen) atoms. The topological polar surface area (TPSA) is 35.2 Å². The third kappa shape index (κ3) is 1.68. The van der Waals surface area contributed by atoms with Crippen LogP contribution in [0.25, 0.3) is 0 Å². The van der Waals surface area contributed by atoms with Gasteiger partial charge in [0.25, 0.3) is 0 Å². The van der Waals surface area contributed by atoms with Crippen molar-refractivity contribution in [2.24, 2.45) is 5.73 Å². The molecule has 0 atom stereocenters. The predicted octanol–water partition coefficient (Wildman–Crippen LogP) is 3.02. The Hall–Kier alpha value is -0.540. The molecule has 1 aromatic rings. The highest BCUT2D eigenvalue weighted by Crippen LogP contribution is 2.49. The Labute approximate surface area is 98.9 Å². The highest BCUT2D eigenvalue weighted by Gasteiger charge is 2.43. The summed E-state index contributed by atoms with van der Waals surface area (Å²) in [5.74, 6) is 0.946. The third-order valence-corrected chi connectivity index (χ3v) is 3.98. The van der Waals surface area contributed by atoms with Crippen LogP contribution in [0.2, 0.25) is 0 Å². The molecule has 3 heteroatoms. The number of rotatable bonds is 2. The zero-order valence-corrected chi connectivity index (χ0v) is 10.9. The number of benzene rings is 1. The van der Waals surface area contributed by atoms with Crippen molar-refractivity contribution in [2.45, 2.75) is 32.2 Å². The summed E-state index contributed by atoms with van der Waals surface area (Å²) in [5.41, 5.74) is 9.66. The van der Waals surface area contributed by atoms with Gasteiger partial charge in [0.2, 0.25) is 0 Å². The summed E-state index contributed by atoms with van der Waals surface area (Å²) in [7, 11) is 1.71. The third-order valence-electron chi connectivity index (χ3n) is 3.15. The van der Waals surface area contributed by atoms with Gasteiger partial charge in [0.05, 0.1) is 7.11 Å². The number of hydrogen-bond donors (Lipinski definition) is 1. The van der Waals surface area contributed by atoms with E-state index in [1.165, 1.54) is 11.1 Å². The van der Waals surface area contributed by atoms with Gasteiger partial charge in [-0.15, -0.1) is 0 Å². The first kappa shape index (κ1) is 11.0.